The van der Waals surface area contributed by atoms with Gasteiger partial charge in [-0.2, -0.15) is 5.10 Å². The minimum Gasteiger partial charge on any atom is -0.493 e. The molecular formula is C28H35N3O5. The average Bonchev–Trinajstić information content (AvgIpc) is 3.25. The third-order valence-corrected chi connectivity index (χ3v) is 5.59. The van der Waals surface area contributed by atoms with Gasteiger partial charge in [0.15, 0.2) is 11.5 Å². The fourth-order valence-corrected chi connectivity index (χ4v) is 3.86. The molecule has 192 valence electrons. The Morgan fingerprint density at radius 1 is 1.08 bits per heavy atom. The van der Waals surface area contributed by atoms with Crippen molar-refractivity contribution in [2.75, 3.05) is 47.1 Å². The zero-order valence-corrected chi connectivity index (χ0v) is 21.2. The highest BCUT2D eigenvalue weighted by Gasteiger charge is 2.24. The van der Waals surface area contributed by atoms with Crippen LogP contribution in [0.4, 0.5) is 0 Å². The van der Waals surface area contributed by atoms with E-state index in [1.165, 1.54) is 0 Å². The number of benzene rings is 2. The number of nitrogens with zero attached hydrogens (tertiary/aromatic N) is 3. The molecule has 0 aliphatic carbocycles. The van der Waals surface area contributed by atoms with Crippen LogP contribution in [0, 0.1) is 12.3 Å². The SMILES string of the molecule is C#CCOCC(O)CN(CCOC)Cc1c(CC)nn(-c2ccccc2)c1Oc1ccccc1OC. The van der Waals surface area contributed by atoms with Crippen molar-refractivity contribution >= 4 is 0 Å². The summed E-state index contributed by atoms with van der Waals surface area (Å²) in [6.07, 6.45) is 5.26. The van der Waals surface area contributed by atoms with Gasteiger partial charge in [-0.1, -0.05) is 43.2 Å². The molecule has 1 N–H and O–H groups in total. The molecule has 0 saturated carbocycles. The van der Waals surface area contributed by atoms with Crippen molar-refractivity contribution in [1.29, 1.82) is 0 Å². The average molecular weight is 494 g/mol. The molecular weight excluding hydrogens is 458 g/mol. The van der Waals surface area contributed by atoms with Gasteiger partial charge in [-0.25, -0.2) is 4.68 Å². The maximum absolute atomic E-state index is 10.6. The number of aromatic nitrogens is 2. The van der Waals surface area contributed by atoms with Crippen LogP contribution >= 0.6 is 0 Å². The van der Waals surface area contributed by atoms with E-state index in [2.05, 4.69) is 17.7 Å². The first-order chi connectivity index (χ1) is 17.6. The lowest BCUT2D eigenvalue weighted by Gasteiger charge is -2.25. The van der Waals surface area contributed by atoms with Gasteiger partial charge in [0.25, 0.3) is 0 Å². The third-order valence-electron chi connectivity index (χ3n) is 5.59. The van der Waals surface area contributed by atoms with Gasteiger partial charge in [0, 0.05) is 26.7 Å². The Bertz CT molecular complexity index is 1110. The van der Waals surface area contributed by atoms with Gasteiger partial charge in [0.2, 0.25) is 5.88 Å². The van der Waals surface area contributed by atoms with E-state index in [9.17, 15) is 5.11 Å². The normalized spacial score (nSPS) is 11.9. The number of rotatable bonds is 15. The molecule has 8 nitrogen and oxygen atoms in total. The van der Waals surface area contributed by atoms with Crippen LogP contribution in [0.25, 0.3) is 5.69 Å². The summed E-state index contributed by atoms with van der Waals surface area (Å²) in [7, 11) is 3.27. The zero-order chi connectivity index (χ0) is 25.8. The molecule has 1 atom stereocenters. The second-order valence-corrected chi connectivity index (χ2v) is 8.19. The Balaban J connectivity index is 2.00. The van der Waals surface area contributed by atoms with Gasteiger partial charge in [-0.05, 0) is 30.7 Å². The van der Waals surface area contributed by atoms with Crippen molar-refractivity contribution in [3.8, 4) is 35.4 Å². The largest absolute Gasteiger partial charge is 0.493 e. The van der Waals surface area contributed by atoms with Crippen molar-refractivity contribution in [3.63, 3.8) is 0 Å². The number of para-hydroxylation sites is 3. The second kappa shape index (κ2) is 14.3. The van der Waals surface area contributed by atoms with Crippen LogP contribution in [0.15, 0.2) is 54.6 Å². The molecule has 0 spiro atoms. The molecule has 0 aliphatic rings. The maximum Gasteiger partial charge on any atom is 0.227 e. The van der Waals surface area contributed by atoms with Crippen LogP contribution < -0.4 is 9.47 Å². The van der Waals surface area contributed by atoms with Crippen LogP contribution in [0.5, 0.6) is 17.4 Å². The van der Waals surface area contributed by atoms with Crippen LogP contribution in [0.1, 0.15) is 18.2 Å². The summed E-state index contributed by atoms with van der Waals surface area (Å²) >= 11 is 0. The molecule has 36 heavy (non-hydrogen) atoms. The lowest BCUT2D eigenvalue weighted by atomic mass is 10.1. The van der Waals surface area contributed by atoms with Gasteiger partial charge >= 0.3 is 0 Å². The molecule has 0 amide bonds. The lowest BCUT2D eigenvalue weighted by Crippen LogP contribution is -2.36. The van der Waals surface area contributed by atoms with E-state index in [0.29, 0.717) is 50.0 Å². The van der Waals surface area contributed by atoms with E-state index >= 15 is 0 Å². The molecule has 3 rings (SSSR count). The van der Waals surface area contributed by atoms with Gasteiger partial charge in [-0.3, -0.25) is 4.90 Å². The number of methoxy groups -OCH3 is 2. The molecule has 0 bridgehead atoms. The van der Waals surface area contributed by atoms with E-state index < -0.39 is 6.10 Å². The van der Waals surface area contributed by atoms with E-state index in [4.69, 9.17) is 30.5 Å². The van der Waals surface area contributed by atoms with E-state index in [-0.39, 0.29) is 13.2 Å². The van der Waals surface area contributed by atoms with Crippen LogP contribution in [0.3, 0.4) is 0 Å². The smallest absolute Gasteiger partial charge is 0.227 e. The number of ether oxygens (including phenoxy) is 4. The van der Waals surface area contributed by atoms with Crippen LogP contribution in [0.2, 0.25) is 0 Å². The molecule has 2 aromatic carbocycles. The molecule has 0 saturated heterocycles. The molecule has 0 aliphatic heterocycles. The summed E-state index contributed by atoms with van der Waals surface area (Å²) in [6, 6.07) is 17.4. The Morgan fingerprint density at radius 3 is 2.47 bits per heavy atom. The Labute approximate surface area is 213 Å². The topological polar surface area (TPSA) is 78.2 Å². The first kappa shape index (κ1) is 27.2. The monoisotopic (exact) mass is 493 g/mol. The van der Waals surface area contributed by atoms with Crippen LogP contribution in [-0.2, 0) is 22.4 Å². The molecule has 8 heteroatoms. The third kappa shape index (κ3) is 7.33. The van der Waals surface area contributed by atoms with Crippen molar-refractivity contribution in [2.45, 2.75) is 26.0 Å². The first-order valence-electron chi connectivity index (χ1n) is 12.0. The van der Waals surface area contributed by atoms with Crippen molar-refractivity contribution in [2.24, 2.45) is 0 Å². The highest BCUT2D eigenvalue weighted by molar-refractivity contribution is 5.47. The predicted octanol–water partition coefficient (Wildman–Crippen LogP) is 3.69. The Kier molecular flexibility index (Phi) is 10.8. The van der Waals surface area contributed by atoms with Gasteiger partial charge in [0.1, 0.15) is 6.61 Å². The molecule has 3 aromatic rings. The second-order valence-electron chi connectivity index (χ2n) is 8.19. The minimum atomic E-state index is -0.706. The number of terminal acetylenes is 1. The van der Waals surface area contributed by atoms with Gasteiger partial charge in [-0.15, -0.1) is 6.42 Å². The summed E-state index contributed by atoms with van der Waals surface area (Å²) in [6.45, 7) is 4.37. The molecule has 1 heterocycles. The summed E-state index contributed by atoms with van der Waals surface area (Å²) in [5.74, 6) is 4.23. The minimum absolute atomic E-state index is 0.155. The molecule has 0 fully saturated rings. The molecule has 1 unspecified atom stereocenters. The summed E-state index contributed by atoms with van der Waals surface area (Å²) < 4.78 is 24.5. The number of hydrogen-bond donors (Lipinski definition) is 1. The molecule has 1 aromatic heterocycles. The molecule has 0 radical (unpaired) electrons. The van der Waals surface area contributed by atoms with E-state index in [1.807, 2.05) is 59.3 Å². The van der Waals surface area contributed by atoms with Gasteiger partial charge < -0.3 is 24.1 Å². The standard InChI is InChI=1S/C28H35N3O5/c1-5-17-35-21-23(32)19-30(16-18-33-3)20-24-25(6-2)29-31(22-12-8-7-9-13-22)28(24)36-27-15-11-10-14-26(27)34-4/h1,7-15,23,32H,6,16-21H2,2-4H3. The quantitative estimate of drug-likeness (QED) is 0.256. The number of hydrogen-bond acceptors (Lipinski definition) is 7. The van der Waals surface area contributed by atoms with Crippen LogP contribution in [-0.4, -0.2) is 73.0 Å². The highest BCUT2D eigenvalue weighted by Crippen LogP contribution is 2.36. The Morgan fingerprint density at radius 2 is 1.81 bits per heavy atom. The Hall–Kier alpha value is -3.35. The number of aliphatic hydroxyl groups is 1. The summed E-state index contributed by atoms with van der Waals surface area (Å²) in [5, 5.41) is 15.5. The van der Waals surface area contributed by atoms with Gasteiger partial charge in [0.05, 0.1) is 43.4 Å². The predicted molar refractivity (Wildman–Crippen MR) is 139 cm³/mol. The first-order valence-corrected chi connectivity index (χ1v) is 12.0. The van der Waals surface area contributed by atoms with E-state index in [1.54, 1.807) is 14.2 Å². The summed E-state index contributed by atoms with van der Waals surface area (Å²) in [5.41, 5.74) is 2.72. The number of aryl methyl sites for hydroxylation is 1. The van der Waals surface area contributed by atoms with E-state index in [0.717, 1.165) is 16.9 Å². The highest BCUT2D eigenvalue weighted by atomic mass is 16.5. The van der Waals surface area contributed by atoms with Crippen molar-refractivity contribution in [1.82, 2.24) is 14.7 Å². The maximum atomic E-state index is 10.6. The lowest BCUT2D eigenvalue weighted by molar-refractivity contribution is 0.0205. The number of aliphatic hydroxyl groups excluding tert-OH is 1. The fraction of sp³-hybridized carbons (Fsp3) is 0.393. The fourth-order valence-electron chi connectivity index (χ4n) is 3.86. The zero-order valence-electron chi connectivity index (χ0n) is 21.2. The van der Waals surface area contributed by atoms with Crippen molar-refractivity contribution < 1.29 is 24.1 Å². The van der Waals surface area contributed by atoms with Crippen molar-refractivity contribution in [3.05, 3.63) is 65.9 Å². The summed E-state index contributed by atoms with van der Waals surface area (Å²) in [4.78, 5) is 2.11.